The molecule has 0 aliphatic carbocycles. The van der Waals surface area contributed by atoms with Crippen LogP contribution in [0.2, 0.25) is 0 Å². The number of carbonyl (C=O) groups is 2. The molecule has 0 spiro atoms. The van der Waals surface area contributed by atoms with Crippen molar-refractivity contribution in [2.45, 2.75) is 18.9 Å². The lowest BCUT2D eigenvalue weighted by Crippen LogP contribution is -2.31. The van der Waals surface area contributed by atoms with E-state index in [0.717, 1.165) is 16.2 Å². The van der Waals surface area contributed by atoms with Gasteiger partial charge in [-0.05, 0) is 36.4 Å². The van der Waals surface area contributed by atoms with Crippen molar-refractivity contribution in [1.29, 1.82) is 0 Å². The van der Waals surface area contributed by atoms with Crippen molar-refractivity contribution in [2.75, 3.05) is 36.6 Å². The molecule has 1 unspecified atom stereocenters. The van der Waals surface area contributed by atoms with Crippen LogP contribution in [-0.2, 0) is 21.2 Å². The van der Waals surface area contributed by atoms with Gasteiger partial charge in [0, 0.05) is 55.8 Å². The van der Waals surface area contributed by atoms with Crippen LogP contribution >= 0.6 is 0 Å². The molecule has 2 heterocycles. The van der Waals surface area contributed by atoms with Crippen molar-refractivity contribution in [2.24, 2.45) is 0 Å². The number of ether oxygens (including phenoxy) is 1. The van der Waals surface area contributed by atoms with Gasteiger partial charge in [-0.2, -0.15) is 0 Å². The van der Waals surface area contributed by atoms with Crippen LogP contribution in [0.4, 0.5) is 15.8 Å². The first kappa shape index (κ1) is 27.2. The Morgan fingerprint density at radius 3 is 2.38 bits per heavy atom. The molecular weight excluding hydrogens is 537 g/mol. The number of carbonyl (C=O) groups excluding carboxylic acids is 2. The third-order valence-corrected chi connectivity index (χ3v) is 8.24. The normalized spacial score (nSPS) is 14.5. The highest BCUT2D eigenvalue weighted by Crippen LogP contribution is 2.48. The first-order valence-electron chi connectivity index (χ1n) is 12.5. The van der Waals surface area contributed by atoms with E-state index in [1.54, 1.807) is 7.05 Å². The molecule has 1 atom stereocenters. The summed E-state index contributed by atoms with van der Waals surface area (Å²) in [6.07, 6.45) is 0.698. The summed E-state index contributed by atoms with van der Waals surface area (Å²) in [6, 6.07) is 16.2. The Labute approximate surface area is 231 Å². The van der Waals surface area contributed by atoms with Gasteiger partial charge in [0.05, 0.1) is 23.9 Å². The van der Waals surface area contributed by atoms with Crippen LogP contribution in [0.25, 0.3) is 22.3 Å². The number of hydrogen-bond acceptors (Lipinski definition) is 6. The fourth-order valence-corrected chi connectivity index (χ4v) is 5.36. The van der Waals surface area contributed by atoms with Gasteiger partial charge in [0.2, 0.25) is 15.9 Å². The number of hydrogen-bond donors (Lipinski definition) is 1. The molecule has 0 bridgehead atoms. The van der Waals surface area contributed by atoms with Crippen molar-refractivity contribution >= 4 is 44.2 Å². The standard InChI is InChI=1S/C29H28FN3O6S/c1-31-29(35)26-25-21-14-20(15-24(34)32(2)19-8-6-5-7-9-19)38-28(21)22(33(3)40(4,36)37)16-23(25)39-27(26)17-10-12-18(30)13-11-17/h5-13,16,20H,14-15H2,1-4H3,(H,31,35). The van der Waals surface area contributed by atoms with E-state index in [4.69, 9.17) is 9.15 Å². The molecule has 0 fully saturated rings. The highest BCUT2D eigenvalue weighted by Gasteiger charge is 2.36. The van der Waals surface area contributed by atoms with Gasteiger partial charge in [0.1, 0.15) is 29.0 Å². The van der Waals surface area contributed by atoms with E-state index >= 15 is 0 Å². The SMILES string of the molecule is CNC(=O)c1c(-c2ccc(F)cc2)oc2cc(N(C)S(C)(=O)=O)c3c(c12)CC(CC(=O)N(C)c1ccccc1)O3. The van der Waals surface area contributed by atoms with Gasteiger partial charge in [-0.1, -0.05) is 18.2 Å². The molecule has 9 nitrogen and oxygen atoms in total. The number of fused-ring (bicyclic) bond motifs is 3. The van der Waals surface area contributed by atoms with Crippen LogP contribution in [0.1, 0.15) is 22.3 Å². The third kappa shape index (κ3) is 4.88. The molecule has 0 saturated carbocycles. The molecule has 40 heavy (non-hydrogen) atoms. The highest BCUT2D eigenvalue weighted by atomic mass is 32.2. The molecule has 1 aliphatic heterocycles. The minimum atomic E-state index is -3.70. The number of halogens is 1. The molecule has 5 rings (SSSR count). The maximum atomic E-state index is 13.7. The third-order valence-electron chi connectivity index (χ3n) is 7.05. The largest absolute Gasteiger partial charge is 0.487 e. The van der Waals surface area contributed by atoms with Crippen molar-refractivity contribution in [3.8, 4) is 17.1 Å². The Morgan fingerprint density at radius 1 is 1.07 bits per heavy atom. The van der Waals surface area contributed by atoms with Gasteiger partial charge >= 0.3 is 0 Å². The number of sulfonamides is 1. The second kappa shape index (κ2) is 10.3. The zero-order valence-electron chi connectivity index (χ0n) is 22.4. The fourth-order valence-electron chi connectivity index (χ4n) is 4.87. The molecule has 208 valence electrons. The summed E-state index contributed by atoms with van der Waals surface area (Å²) >= 11 is 0. The predicted octanol–water partition coefficient (Wildman–Crippen LogP) is 4.35. The Bertz CT molecular complexity index is 1720. The summed E-state index contributed by atoms with van der Waals surface area (Å²) in [4.78, 5) is 27.9. The van der Waals surface area contributed by atoms with Crippen LogP contribution in [0.15, 0.2) is 65.1 Å². The minimum absolute atomic E-state index is 0.0155. The number of amides is 2. The van der Waals surface area contributed by atoms with E-state index < -0.39 is 27.9 Å². The first-order valence-corrected chi connectivity index (χ1v) is 14.4. The summed E-state index contributed by atoms with van der Waals surface area (Å²) in [5, 5.41) is 3.08. The Morgan fingerprint density at radius 2 is 1.75 bits per heavy atom. The Balaban J connectivity index is 1.64. The van der Waals surface area contributed by atoms with Gasteiger partial charge in [-0.3, -0.25) is 13.9 Å². The molecular formula is C29H28FN3O6S. The number of benzene rings is 3. The van der Waals surface area contributed by atoms with E-state index in [0.29, 0.717) is 16.5 Å². The average molecular weight is 566 g/mol. The van der Waals surface area contributed by atoms with Crippen molar-refractivity contribution in [3.05, 3.63) is 77.6 Å². The second-order valence-electron chi connectivity index (χ2n) is 9.64. The monoisotopic (exact) mass is 565 g/mol. The van der Waals surface area contributed by atoms with Crippen molar-refractivity contribution < 1.29 is 31.6 Å². The smallest absolute Gasteiger partial charge is 0.255 e. The minimum Gasteiger partial charge on any atom is -0.487 e. The van der Waals surface area contributed by atoms with Gasteiger partial charge in [0.25, 0.3) is 5.91 Å². The number of nitrogens with one attached hydrogen (secondary N) is 1. The summed E-state index contributed by atoms with van der Waals surface area (Å²) in [7, 11) is 0.854. The highest BCUT2D eigenvalue weighted by molar-refractivity contribution is 7.92. The van der Waals surface area contributed by atoms with Crippen molar-refractivity contribution in [1.82, 2.24) is 5.32 Å². The lowest BCUT2D eigenvalue weighted by molar-refractivity contribution is -0.119. The summed E-state index contributed by atoms with van der Waals surface area (Å²) < 4.78 is 52.2. The molecule has 0 saturated heterocycles. The van der Waals surface area contributed by atoms with Crippen LogP contribution in [0.3, 0.4) is 0 Å². The number of nitrogens with zero attached hydrogens (tertiary/aromatic N) is 2. The molecule has 1 N–H and O–H groups in total. The van der Waals surface area contributed by atoms with Gasteiger partial charge < -0.3 is 19.4 Å². The van der Waals surface area contributed by atoms with Crippen molar-refractivity contribution in [3.63, 3.8) is 0 Å². The lowest BCUT2D eigenvalue weighted by Gasteiger charge is -2.21. The average Bonchev–Trinajstić information content (AvgIpc) is 3.53. The summed E-state index contributed by atoms with van der Waals surface area (Å²) in [5.41, 5.74) is 2.45. The summed E-state index contributed by atoms with van der Waals surface area (Å²) in [6.45, 7) is 0. The van der Waals surface area contributed by atoms with E-state index in [2.05, 4.69) is 5.32 Å². The maximum Gasteiger partial charge on any atom is 0.255 e. The first-order chi connectivity index (χ1) is 19.0. The number of anilines is 2. The Hall–Kier alpha value is -4.38. The van der Waals surface area contributed by atoms with E-state index in [1.807, 2.05) is 30.3 Å². The quantitative estimate of drug-likeness (QED) is 0.357. The maximum absolute atomic E-state index is 13.7. The van der Waals surface area contributed by atoms with Crippen LogP contribution < -0.4 is 19.3 Å². The lowest BCUT2D eigenvalue weighted by atomic mass is 9.97. The molecule has 1 aliphatic rings. The summed E-state index contributed by atoms with van der Waals surface area (Å²) in [5.74, 6) is -0.603. The molecule has 4 aromatic rings. The van der Waals surface area contributed by atoms with Gasteiger partial charge in [-0.25, -0.2) is 12.8 Å². The van der Waals surface area contributed by atoms with Crippen LogP contribution in [-0.4, -0.2) is 53.7 Å². The van der Waals surface area contributed by atoms with Crippen LogP contribution in [0.5, 0.6) is 5.75 Å². The molecule has 1 aromatic heterocycles. The molecule has 3 aromatic carbocycles. The van der Waals surface area contributed by atoms with E-state index in [-0.39, 0.29) is 47.1 Å². The number of rotatable bonds is 7. The number of para-hydroxylation sites is 1. The van der Waals surface area contributed by atoms with Gasteiger partial charge in [0.15, 0.2) is 0 Å². The Kier molecular flexibility index (Phi) is 7.01. The second-order valence-corrected chi connectivity index (χ2v) is 11.6. The van der Waals surface area contributed by atoms with Gasteiger partial charge in [-0.15, -0.1) is 0 Å². The zero-order chi connectivity index (χ0) is 28.8. The molecule has 2 amide bonds. The van der Waals surface area contributed by atoms with Crippen LogP contribution in [0, 0.1) is 5.82 Å². The number of furan rings is 1. The van der Waals surface area contributed by atoms with E-state index in [9.17, 15) is 22.4 Å². The molecule has 11 heteroatoms. The predicted molar refractivity (Wildman–Crippen MR) is 151 cm³/mol. The van der Waals surface area contributed by atoms with E-state index in [1.165, 1.54) is 49.3 Å². The fraction of sp³-hybridized carbons (Fsp3) is 0.241. The molecule has 0 radical (unpaired) electrons. The topological polar surface area (TPSA) is 109 Å². The zero-order valence-corrected chi connectivity index (χ0v) is 23.2.